The van der Waals surface area contributed by atoms with Gasteiger partial charge in [-0.05, 0) is 47.2 Å². The quantitative estimate of drug-likeness (QED) is 0.404. The highest BCUT2D eigenvalue weighted by Crippen LogP contribution is 2.33. The molecule has 1 aromatic heterocycles. The summed E-state index contributed by atoms with van der Waals surface area (Å²) in [5.74, 6) is -2.62. The van der Waals surface area contributed by atoms with Crippen molar-refractivity contribution in [1.29, 1.82) is 0 Å². The minimum atomic E-state index is -4.70. The van der Waals surface area contributed by atoms with Crippen molar-refractivity contribution in [3.05, 3.63) is 86.6 Å². The first-order chi connectivity index (χ1) is 16.1. The van der Waals surface area contributed by atoms with Crippen molar-refractivity contribution in [3.63, 3.8) is 0 Å². The van der Waals surface area contributed by atoms with E-state index in [-0.39, 0.29) is 5.56 Å². The lowest BCUT2D eigenvalue weighted by Gasteiger charge is -2.32. The number of aliphatic carboxylic acids is 1. The fourth-order valence-corrected chi connectivity index (χ4v) is 5.00. The molecule has 0 aliphatic carbocycles. The lowest BCUT2D eigenvalue weighted by molar-refractivity contribution is -0.144. The van der Waals surface area contributed by atoms with E-state index in [0.717, 1.165) is 25.1 Å². The average Bonchev–Trinajstić information content (AvgIpc) is 3.23. The van der Waals surface area contributed by atoms with Crippen LogP contribution in [0.4, 0.5) is 0 Å². The van der Waals surface area contributed by atoms with Gasteiger partial charge in [-0.25, -0.2) is 4.79 Å². The third-order valence-corrected chi connectivity index (χ3v) is 6.71. The molecule has 0 unspecified atom stereocenters. The first kappa shape index (κ1) is 25.7. The molecule has 0 spiro atoms. The molecule has 0 amide bonds. The largest absolute Gasteiger partial charge is 0.480 e. The van der Waals surface area contributed by atoms with Gasteiger partial charge in [-0.15, -0.1) is 11.3 Å². The van der Waals surface area contributed by atoms with Crippen molar-refractivity contribution in [2.45, 2.75) is 19.0 Å². The van der Waals surface area contributed by atoms with Gasteiger partial charge in [0.15, 0.2) is 5.75 Å². The Hall–Kier alpha value is -2.96. The number of aromatic carboxylic acids is 1. The lowest BCUT2D eigenvalue weighted by atomic mass is 10.0. The molecule has 1 atom stereocenters. The Morgan fingerprint density at radius 2 is 1.74 bits per heavy atom. The van der Waals surface area contributed by atoms with Crippen molar-refractivity contribution in [1.82, 2.24) is 4.90 Å². The van der Waals surface area contributed by atoms with Crippen LogP contribution in [0.5, 0.6) is 5.75 Å². The number of hydrogen-bond acceptors (Lipinski definition) is 7. The van der Waals surface area contributed by atoms with Gasteiger partial charge in [-0.3, -0.25) is 14.2 Å². The molecule has 1 aliphatic rings. The van der Waals surface area contributed by atoms with Crippen LogP contribution in [0.15, 0.2) is 60.0 Å². The molecule has 0 fully saturated rings. The minimum Gasteiger partial charge on any atom is -0.480 e. The third-order valence-electron chi connectivity index (χ3n) is 4.95. The number of para-hydroxylation sites is 1. The summed E-state index contributed by atoms with van der Waals surface area (Å²) in [5, 5.41) is 20.8. The second kappa shape index (κ2) is 11.0. The molecule has 2 aromatic carbocycles. The van der Waals surface area contributed by atoms with E-state index in [1.54, 1.807) is 23.5 Å². The predicted octanol–water partition coefficient (Wildman–Crippen LogP) is 4.15. The number of rotatable bonds is 6. The molecule has 34 heavy (non-hydrogen) atoms. The molecule has 1 aliphatic heterocycles. The zero-order valence-corrected chi connectivity index (χ0v) is 19.9. The lowest BCUT2D eigenvalue weighted by Crippen LogP contribution is -2.37. The monoisotopic (exact) mass is 525 g/mol. The number of nitrogens with zero attached hydrogens (tertiary/aromatic N) is 1. The van der Waals surface area contributed by atoms with E-state index in [2.05, 4.69) is 15.6 Å². The van der Waals surface area contributed by atoms with Gasteiger partial charge in [0, 0.05) is 23.0 Å². The SMILES string of the molecule is O=C(O)[C@H](c1ccccc1Cl)N1CCc2sccc2C1.O=C(O)c1ccccc1OS(=O)(=O)O. The fraction of sp³-hybridized carbons (Fsp3) is 0.182. The zero-order valence-electron chi connectivity index (χ0n) is 17.5. The number of fused-ring (bicyclic) bond motifs is 1. The van der Waals surface area contributed by atoms with Gasteiger partial charge in [0.05, 0.1) is 0 Å². The minimum absolute atomic E-state index is 0.342. The molecule has 0 bridgehead atoms. The van der Waals surface area contributed by atoms with Gasteiger partial charge >= 0.3 is 22.3 Å². The Labute approximate surface area is 204 Å². The van der Waals surface area contributed by atoms with Crippen LogP contribution in [-0.2, 0) is 28.2 Å². The molecule has 12 heteroatoms. The number of carboxylic acids is 2. The van der Waals surface area contributed by atoms with Crippen molar-refractivity contribution in [2.24, 2.45) is 0 Å². The van der Waals surface area contributed by atoms with Crippen molar-refractivity contribution in [2.75, 3.05) is 6.54 Å². The Morgan fingerprint density at radius 3 is 2.38 bits per heavy atom. The summed E-state index contributed by atoms with van der Waals surface area (Å²) in [7, 11) is -4.70. The number of thiophene rings is 1. The number of hydrogen-bond donors (Lipinski definition) is 3. The van der Waals surface area contributed by atoms with Crippen LogP contribution in [0.2, 0.25) is 5.02 Å². The van der Waals surface area contributed by atoms with Crippen LogP contribution in [-0.4, -0.2) is 46.6 Å². The van der Waals surface area contributed by atoms with E-state index in [1.165, 1.54) is 22.6 Å². The summed E-state index contributed by atoms with van der Waals surface area (Å²) in [6.07, 6.45) is 0.904. The summed E-state index contributed by atoms with van der Waals surface area (Å²) in [5.41, 5.74) is 1.56. The smallest absolute Gasteiger partial charge is 0.446 e. The van der Waals surface area contributed by atoms with E-state index in [9.17, 15) is 23.1 Å². The fourth-order valence-electron chi connectivity index (χ4n) is 3.50. The van der Waals surface area contributed by atoms with E-state index in [0.29, 0.717) is 17.1 Å². The number of benzene rings is 2. The van der Waals surface area contributed by atoms with Gasteiger partial charge in [-0.2, -0.15) is 8.42 Å². The molecule has 3 aromatic rings. The average molecular weight is 526 g/mol. The molecule has 0 radical (unpaired) electrons. The first-order valence-corrected chi connectivity index (χ1v) is 12.4. The maximum absolute atomic E-state index is 11.7. The Bertz CT molecular complexity index is 1290. The number of carbonyl (C=O) groups is 2. The summed E-state index contributed by atoms with van der Waals surface area (Å²) in [6.45, 7) is 1.41. The molecule has 180 valence electrons. The highest BCUT2D eigenvalue weighted by Gasteiger charge is 2.31. The number of halogens is 1. The van der Waals surface area contributed by atoms with Gasteiger partial charge < -0.3 is 14.4 Å². The zero-order chi connectivity index (χ0) is 24.9. The molecule has 9 nitrogen and oxygen atoms in total. The van der Waals surface area contributed by atoms with Crippen molar-refractivity contribution >= 4 is 45.3 Å². The van der Waals surface area contributed by atoms with E-state index >= 15 is 0 Å². The van der Waals surface area contributed by atoms with E-state index in [1.807, 2.05) is 17.0 Å². The highest BCUT2D eigenvalue weighted by molar-refractivity contribution is 7.81. The van der Waals surface area contributed by atoms with E-state index in [4.69, 9.17) is 21.3 Å². The second-order valence-corrected chi connectivity index (χ2v) is 9.59. The maximum Gasteiger partial charge on any atom is 0.446 e. The van der Waals surface area contributed by atoms with Crippen LogP contribution in [0, 0.1) is 0 Å². The van der Waals surface area contributed by atoms with Crippen LogP contribution in [0.25, 0.3) is 0 Å². The third kappa shape index (κ3) is 6.55. The predicted molar refractivity (Wildman–Crippen MR) is 126 cm³/mol. The first-order valence-electron chi connectivity index (χ1n) is 9.82. The summed E-state index contributed by atoms with van der Waals surface area (Å²) in [6, 6.07) is 13.6. The molecule has 0 saturated carbocycles. The topological polar surface area (TPSA) is 141 Å². The second-order valence-electron chi connectivity index (χ2n) is 7.16. The van der Waals surface area contributed by atoms with Crippen molar-refractivity contribution < 1.29 is 37.0 Å². The summed E-state index contributed by atoms with van der Waals surface area (Å²) >= 11 is 7.92. The Kier molecular flexibility index (Phi) is 8.28. The molecule has 3 N–H and O–H groups in total. The summed E-state index contributed by atoms with van der Waals surface area (Å²) < 4.78 is 33.0. The van der Waals surface area contributed by atoms with Gasteiger partial charge in [0.25, 0.3) is 0 Å². The van der Waals surface area contributed by atoms with Crippen LogP contribution in [0.3, 0.4) is 0 Å². The maximum atomic E-state index is 11.7. The van der Waals surface area contributed by atoms with Crippen LogP contribution in [0.1, 0.15) is 32.4 Å². The van der Waals surface area contributed by atoms with Crippen LogP contribution < -0.4 is 4.18 Å². The Balaban J connectivity index is 0.000000204. The molecule has 0 saturated heterocycles. The Morgan fingerprint density at radius 1 is 1.06 bits per heavy atom. The van der Waals surface area contributed by atoms with E-state index < -0.39 is 34.1 Å². The van der Waals surface area contributed by atoms with Crippen LogP contribution >= 0.6 is 22.9 Å². The normalized spacial score (nSPS) is 14.3. The van der Waals surface area contributed by atoms with Gasteiger partial charge in [0.2, 0.25) is 0 Å². The summed E-state index contributed by atoms with van der Waals surface area (Å²) in [4.78, 5) is 25.6. The molecule has 4 rings (SSSR count). The highest BCUT2D eigenvalue weighted by atomic mass is 35.5. The van der Waals surface area contributed by atoms with Crippen molar-refractivity contribution in [3.8, 4) is 5.75 Å². The van der Waals surface area contributed by atoms with Gasteiger partial charge in [0.1, 0.15) is 11.6 Å². The number of carboxylic acid groups (broad SMARTS) is 2. The standard InChI is InChI=1S/C15H14ClNO2S.C7H6O6S/c16-12-4-2-1-3-11(12)14(15(18)19)17-7-5-13-10(9-17)6-8-20-13;8-7(9)5-3-1-2-4-6(5)13-14(10,11)12/h1-4,6,8,14H,5,7,9H2,(H,18,19);1-4H,(H,8,9)(H,10,11,12)/t14-;/m0./s1. The molecular formula is C22H20ClNO8S2. The molecular weight excluding hydrogens is 506 g/mol. The van der Waals surface area contributed by atoms with Gasteiger partial charge in [-0.1, -0.05) is 41.9 Å². The molecule has 2 heterocycles.